The number of carbonyl (C=O) groups is 1. The third-order valence-corrected chi connectivity index (χ3v) is 3.64. The summed E-state index contributed by atoms with van der Waals surface area (Å²) in [5.74, 6) is 0.554. The molecule has 0 saturated carbocycles. The second-order valence-corrected chi connectivity index (χ2v) is 5.42. The van der Waals surface area contributed by atoms with Gasteiger partial charge in [-0.25, -0.2) is 4.79 Å². The van der Waals surface area contributed by atoms with Crippen LogP contribution in [0.3, 0.4) is 0 Å². The fraction of sp³-hybridized carbons (Fsp3) is 0.133. The van der Waals surface area contributed by atoms with Gasteiger partial charge in [0.2, 0.25) is 0 Å². The maximum atomic E-state index is 11.7. The minimum absolute atomic E-state index is 0.171. The van der Waals surface area contributed by atoms with Gasteiger partial charge in [0.25, 0.3) is 0 Å². The van der Waals surface area contributed by atoms with Gasteiger partial charge in [0.15, 0.2) is 6.61 Å². The van der Waals surface area contributed by atoms with Crippen LogP contribution in [0.4, 0.5) is 0 Å². The summed E-state index contributed by atoms with van der Waals surface area (Å²) >= 11 is 9.21. The van der Waals surface area contributed by atoms with Crippen LogP contribution >= 0.6 is 27.5 Å². The van der Waals surface area contributed by atoms with E-state index in [1.807, 2.05) is 13.0 Å². The summed E-state index contributed by atoms with van der Waals surface area (Å²) < 4.78 is 11.5. The van der Waals surface area contributed by atoms with Crippen LogP contribution in [-0.4, -0.2) is 12.6 Å². The van der Waals surface area contributed by atoms with E-state index in [-0.39, 0.29) is 6.61 Å². The number of benzene rings is 2. The topological polar surface area (TPSA) is 35.5 Å². The summed E-state index contributed by atoms with van der Waals surface area (Å²) in [6.45, 7) is 1.75. The van der Waals surface area contributed by atoms with Crippen LogP contribution in [0.25, 0.3) is 0 Å². The standard InChI is InChI=1S/C15H12BrClO3/c1-10-7-13(5-6-14(10)16)20-15(18)9-19-12-4-2-3-11(17)8-12/h2-8H,9H2,1H3. The Labute approximate surface area is 130 Å². The quantitative estimate of drug-likeness (QED) is 0.602. The summed E-state index contributed by atoms with van der Waals surface area (Å²) in [6.07, 6.45) is 0. The van der Waals surface area contributed by atoms with Crippen LogP contribution in [0.1, 0.15) is 5.56 Å². The molecule has 0 aromatic heterocycles. The van der Waals surface area contributed by atoms with Crippen LogP contribution in [0, 0.1) is 6.92 Å². The molecule has 0 radical (unpaired) electrons. The first-order valence-corrected chi connectivity index (χ1v) is 7.07. The van der Waals surface area contributed by atoms with Crippen molar-refractivity contribution in [3.63, 3.8) is 0 Å². The molecule has 0 heterocycles. The molecular weight excluding hydrogens is 344 g/mol. The van der Waals surface area contributed by atoms with E-state index < -0.39 is 5.97 Å². The number of rotatable bonds is 4. The summed E-state index contributed by atoms with van der Waals surface area (Å²) in [5, 5.41) is 0.555. The molecule has 5 heteroatoms. The third-order valence-electron chi connectivity index (χ3n) is 2.51. The number of ether oxygens (including phenoxy) is 2. The van der Waals surface area contributed by atoms with Crippen molar-refractivity contribution in [2.45, 2.75) is 6.92 Å². The SMILES string of the molecule is Cc1cc(OC(=O)COc2cccc(Cl)c2)ccc1Br. The van der Waals surface area contributed by atoms with Crippen molar-refractivity contribution in [1.29, 1.82) is 0 Å². The normalized spacial score (nSPS) is 10.2. The van der Waals surface area contributed by atoms with E-state index in [0.29, 0.717) is 16.5 Å². The Hall–Kier alpha value is -1.52. The molecule has 2 aromatic rings. The molecule has 0 N–H and O–H groups in total. The van der Waals surface area contributed by atoms with Gasteiger partial charge in [0.1, 0.15) is 11.5 Å². The van der Waals surface area contributed by atoms with Crippen LogP contribution in [0.2, 0.25) is 5.02 Å². The number of hydrogen-bond donors (Lipinski definition) is 0. The Morgan fingerprint density at radius 1 is 1.20 bits per heavy atom. The molecule has 0 aliphatic heterocycles. The van der Waals surface area contributed by atoms with Gasteiger partial charge in [-0.2, -0.15) is 0 Å². The van der Waals surface area contributed by atoms with Gasteiger partial charge >= 0.3 is 5.97 Å². The van der Waals surface area contributed by atoms with Gasteiger partial charge in [0.05, 0.1) is 0 Å². The molecular formula is C15H12BrClO3. The number of aryl methyl sites for hydroxylation is 1. The lowest BCUT2D eigenvalue weighted by Crippen LogP contribution is -2.17. The molecule has 0 amide bonds. The molecule has 2 rings (SSSR count). The second kappa shape index (κ2) is 6.77. The van der Waals surface area contributed by atoms with Crippen LogP contribution in [0.15, 0.2) is 46.9 Å². The first kappa shape index (κ1) is 14.9. The van der Waals surface area contributed by atoms with Crippen LogP contribution in [0.5, 0.6) is 11.5 Å². The van der Waals surface area contributed by atoms with Crippen molar-refractivity contribution in [3.8, 4) is 11.5 Å². The molecule has 0 atom stereocenters. The summed E-state index contributed by atoms with van der Waals surface area (Å²) in [6, 6.07) is 12.2. The zero-order chi connectivity index (χ0) is 14.5. The van der Waals surface area contributed by atoms with Gasteiger partial charge in [-0.1, -0.05) is 33.6 Å². The van der Waals surface area contributed by atoms with E-state index >= 15 is 0 Å². The van der Waals surface area contributed by atoms with Crippen LogP contribution < -0.4 is 9.47 Å². The molecule has 0 aliphatic rings. The van der Waals surface area contributed by atoms with Gasteiger partial charge in [-0.3, -0.25) is 0 Å². The van der Waals surface area contributed by atoms with E-state index in [9.17, 15) is 4.79 Å². The zero-order valence-corrected chi connectivity index (χ0v) is 13.1. The smallest absolute Gasteiger partial charge is 0.349 e. The Balaban J connectivity index is 1.91. The zero-order valence-electron chi connectivity index (χ0n) is 10.7. The van der Waals surface area contributed by atoms with Gasteiger partial charge in [-0.05, 0) is 48.9 Å². The highest BCUT2D eigenvalue weighted by atomic mass is 79.9. The minimum Gasteiger partial charge on any atom is -0.482 e. The predicted octanol–water partition coefficient (Wildman–Crippen LogP) is 4.40. The minimum atomic E-state index is -0.466. The summed E-state index contributed by atoms with van der Waals surface area (Å²) in [7, 11) is 0. The van der Waals surface area contributed by atoms with E-state index in [1.165, 1.54) is 0 Å². The molecule has 104 valence electrons. The van der Waals surface area contributed by atoms with Gasteiger partial charge in [0, 0.05) is 9.50 Å². The van der Waals surface area contributed by atoms with Crippen molar-refractivity contribution >= 4 is 33.5 Å². The van der Waals surface area contributed by atoms with Gasteiger partial charge < -0.3 is 9.47 Å². The van der Waals surface area contributed by atoms with E-state index in [1.54, 1.807) is 36.4 Å². The molecule has 0 unspecified atom stereocenters. The van der Waals surface area contributed by atoms with E-state index in [4.69, 9.17) is 21.1 Å². The Morgan fingerprint density at radius 3 is 2.70 bits per heavy atom. The highest BCUT2D eigenvalue weighted by molar-refractivity contribution is 9.10. The number of carbonyl (C=O) groups excluding carboxylic acids is 1. The lowest BCUT2D eigenvalue weighted by Gasteiger charge is -2.08. The second-order valence-electron chi connectivity index (χ2n) is 4.13. The third kappa shape index (κ3) is 4.25. The lowest BCUT2D eigenvalue weighted by atomic mass is 10.2. The van der Waals surface area contributed by atoms with Crippen LogP contribution in [-0.2, 0) is 4.79 Å². The van der Waals surface area contributed by atoms with Crippen molar-refractivity contribution in [1.82, 2.24) is 0 Å². The highest BCUT2D eigenvalue weighted by Gasteiger charge is 2.07. The van der Waals surface area contributed by atoms with Gasteiger partial charge in [-0.15, -0.1) is 0 Å². The molecule has 0 spiro atoms. The summed E-state index contributed by atoms with van der Waals surface area (Å²) in [4.78, 5) is 11.7. The predicted molar refractivity (Wildman–Crippen MR) is 81.5 cm³/mol. The molecule has 0 bridgehead atoms. The Kier molecular flexibility index (Phi) is 5.04. The van der Waals surface area contributed by atoms with Crippen molar-refractivity contribution in [2.24, 2.45) is 0 Å². The molecule has 0 fully saturated rings. The molecule has 3 nitrogen and oxygen atoms in total. The lowest BCUT2D eigenvalue weighted by molar-refractivity contribution is -0.136. The number of hydrogen-bond acceptors (Lipinski definition) is 3. The van der Waals surface area contributed by atoms with Crippen molar-refractivity contribution in [2.75, 3.05) is 6.61 Å². The molecule has 2 aromatic carbocycles. The molecule has 20 heavy (non-hydrogen) atoms. The average molecular weight is 356 g/mol. The molecule has 0 saturated heterocycles. The van der Waals surface area contributed by atoms with Crippen molar-refractivity contribution < 1.29 is 14.3 Å². The average Bonchev–Trinajstić information content (AvgIpc) is 2.41. The van der Waals surface area contributed by atoms with E-state index in [0.717, 1.165) is 10.0 Å². The number of esters is 1. The summed E-state index contributed by atoms with van der Waals surface area (Å²) in [5.41, 5.74) is 0.992. The Bertz CT molecular complexity index is 628. The number of halogens is 2. The Morgan fingerprint density at radius 2 is 2.00 bits per heavy atom. The first-order valence-electron chi connectivity index (χ1n) is 5.90. The highest BCUT2D eigenvalue weighted by Crippen LogP contribution is 2.22. The fourth-order valence-corrected chi connectivity index (χ4v) is 1.97. The molecule has 0 aliphatic carbocycles. The fourth-order valence-electron chi connectivity index (χ4n) is 1.54. The first-order chi connectivity index (χ1) is 9.54. The largest absolute Gasteiger partial charge is 0.482 e. The maximum absolute atomic E-state index is 11.7. The monoisotopic (exact) mass is 354 g/mol. The van der Waals surface area contributed by atoms with Crippen molar-refractivity contribution in [3.05, 3.63) is 57.5 Å². The maximum Gasteiger partial charge on any atom is 0.349 e. The van der Waals surface area contributed by atoms with E-state index in [2.05, 4.69) is 15.9 Å².